The van der Waals surface area contributed by atoms with Gasteiger partial charge < -0.3 is 15.0 Å². The van der Waals surface area contributed by atoms with Gasteiger partial charge in [0.2, 0.25) is 0 Å². The first-order valence-corrected chi connectivity index (χ1v) is 8.09. The average molecular weight is 283 g/mol. The van der Waals surface area contributed by atoms with Crippen LogP contribution in [0.15, 0.2) is 0 Å². The van der Waals surface area contributed by atoms with Crippen LogP contribution in [0.2, 0.25) is 0 Å². The molecule has 0 radical (unpaired) electrons. The monoisotopic (exact) mass is 283 g/mol. The van der Waals surface area contributed by atoms with Crippen molar-refractivity contribution in [2.45, 2.75) is 39.2 Å². The number of rotatable bonds is 7. The second-order valence-corrected chi connectivity index (χ2v) is 5.94. The smallest absolute Gasteiger partial charge is 0.185 e. The van der Waals surface area contributed by atoms with Gasteiger partial charge in [0.25, 0.3) is 0 Å². The van der Waals surface area contributed by atoms with E-state index in [0.29, 0.717) is 6.04 Å². The van der Waals surface area contributed by atoms with Crippen molar-refractivity contribution in [3.05, 3.63) is 10.6 Å². The van der Waals surface area contributed by atoms with Crippen molar-refractivity contribution in [2.75, 3.05) is 38.3 Å². The fourth-order valence-electron chi connectivity index (χ4n) is 2.45. The SMILES string of the molecule is CCNC1CCCc2nc(N(C)CCOCC)sc21. The highest BCUT2D eigenvalue weighted by molar-refractivity contribution is 7.15. The lowest BCUT2D eigenvalue weighted by molar-refractivity contribution is 0.154. The Morgan fingerprint density at radius 3 is 3.05 bits per heavy atom. The molecular formula is C14H25N3OS. The Morgan fingerprint density at radius 1 is 1.47 bits per heavy atom. The maximum Gasteiger partial charge on any atom is 0.185 e. The Labute approximate surface area is 120 Å². The molecule has 1 aliphatic carbocycles. The molecule has 1 heterocycles. The summed E-state index contributed by atoms with van der Waals surface area (Å²) in [5.74, 6) is 0. The van der Waals surface area contributed by atoms with Gasteiger partial charge in [0.05, 0.1) is 12.3 Å². The third kappa shape index (κ3) is 3.68. The summed E-state index contributed by atoms with van der Waals surface area (Å²) in [6.07, 6.45) is 3.62. The number of aromatic nitrogens is 1. The number of aryl methyl sites for hydroxylation is 1. The van der Waals surface area contributed by atoms with Crippen molar-refractivity contribution in [2.24, 2.45) is 0 Å². The lowest BCUT2D eigenvalue weighted by Gasteiger charge is -2.21. The molecule has 4 nitrogen and oxygen atoms in total. The summed E-state index contributed by atoms with van der Waals surface area (Å²) in [6, 6.07) is 0.514. The van der Waals surface area contributed by atoms with E-state index in [1.54, 1.807) is 0 Å². The lowest BCUT2D eigenvalue weighted by atomic mass is 9.98. The van der Waals surface area contributed by atoms with Gasteiger partial charge >= 0.3 is 0 Å². The van der Waals surface area contributed by atoms with Crippen LogP contribution in [-0.4, -0.2) is 38.3 Å². The largest absolute Gasteiger partial charge is 0.380 e. The zero-order chi connectivity index (χ0) is 13.7. The molecule has 1 aliphatic rings. The highest BCUT2D eigenvalue weighted by Crippen LogP contribution is 2.37. The number of nitrogens with one attached hydrogen (secondary N) is 1. The number of ether oxygens (including phenoxy) is 1. The van der Waals surface area contributed by atoms with Crippen LogP contribution in [0.3, 0.4) is 0 Å². The highest BCUT2D eigenvalue weighted by atomic mass is 32.1. The van der Waals surface area contributed by atoms with Gasteiger partial charge in [-0.05, 0) is 32.7 Å². The van der Waals surface area contributed by atoms with Crippen molar-refractivity contribution in [3.63, 3.8) is 0 Å². The number of nitrogens with zero attached hydrogens (tertiary/aromatic N) is 2. The molecule has 0 fully saturated rings. The predicted octanol–water partition coefficient (Wildman–Crippen LogP) is 2.60. The third-order valence-electron chi connectivity index (χ3n) is 3.49. The fraction of sp³-hybridized carbons (Fsp3) is 0.786. The van der Waals surface area contributed by atoms with Crippen LogP contribution in [0.25, 0.3) is 0 Å². The predicted molar refractivity (Wildman–Crippen MR) is 81.2 cm³/mol. The molecule has 0 aliphatic heterocycles. The Morgan fingerprint density at radius 2 is 2.32 bits per heavy atom. The van der Waals surface area contributed by atoms with E-state index in [-0.39, 0.29) is 0 Å². The van der Waals surface area contributed by atoms with E-state index in [1.807, 2.05) is 18.3 Å². The van der Waals surface area contributed by atoms with Gasteiger partial charge in [0.1, 0.15) is 0 Å². The average Bonchev–Trinajstić information content (AvgIpc) is 2.84. The van der Waals surface area contributed by atoms with E-state index in [2.05, 4.69) is 24.2 Å². The van der Waals surface area contributed by atoms with Gasteiger partial charge in [-0.15, -0.1) is 0 Å². The Kier molecular flexibility index (Phi) is 5.60. The zero-order valence-corrected chi connectivity index (χ0v) is 13.1. The molecule has 5 heteroatoms. The summed E-state index contributed by atoms with van der Waals surface area (Å²) in [7, 11) is 2.10. The maximum atomic E-state index is 5.41. The molecule has 0 saturated heterocycles. The number of anilines is 1. The van der Waals surface area contributed by atoms with Crippen LogP contribution in [0.4, 0.5) is 5.13 Å². The number of thiazole rings is 1. The summed E-state index contributed by atoms with van der Waals surface area (Å²) < 4.78 is 5.41. The van der Waals surface area contributed by atoms with E-state index in [0.717, 1.165) is 37.9 Å². The van der Waals surface area contributed by atoms with E-state index in [1.165, 1.54) is 23.4 Å². The zero-order valence-electron chi connectivity index (χ0n) is 12.2. The molecule has 19 heavy (non-hydrogen) atoms. The number of likely N-dealkylation sites (N-methyl/N-ethyl adjacent to an activating group) is 1. The molecule has 1 atom stereocenters. The topological polar surface area (TPSA) is 37.4 Å². The highest BCUT2D eigenvalue weighted by Gasteiger charge is 2.24. The molecule has 108 valence electrons. The van der Waals surface area contributed by atoms with Crippen LogP contribution < -0.4 is 10.2 Å². The first-order chi connectivity index (χ1) is 9.26. The molecule has 1 aromatic rings. The van der Waals surface area contributed by atoms with Crippen LogP contribution in [0.1, 0.15) is 43.3 Å². The van der Waals surface area contributed by atoms with Gasteiger partial charge in [-0.25, -0.2) is 4.98 Å². The molecule has 0 spiro atoms. The van der Waals surface area contributed by atoms with E-state index < -0.39 is 0 Å². The van der Waals surface area contributed by atoms with E-state index >= 15 is 0 Å². The Balaban J connectivity index is 2.03. The molecule has 1 N–H and O–H groups in total. The molecule has 2 rings (SSSR count). The van der Waals surface area contributed by atoms with Gasteiger partial charge in [-0.1, -0.05) is 18.3 Å². The fourth-order valence-corrected chi connectivity index (χ4v) is 3.66. The molecule has 0 saturated carbocycles. The summed E-state index contributed by atoms with van der Waals surface area (Å²) in [4.78, 5) is 8.47. The molecule has 1 unspecified atom stereocenters. The third-order valence-corrected chi connectivity index (χ3v) is 4.82. The minimum atomic E-state index is 0.514. The second-order valence-electron chi connectivity index (χ2n) is 4.93. The molecule has 0 amide bonds. The summed E-state index contributed by atoms with van der Waals surface area (Å²) in [6.45, 7) is 7.69. The molecule has 1 aromatic heterocycles. The van der Waals surface area contributed by atoms with Crippen molar-refractivity contribution >= 4 is 16.5 Å². The van der Waals surface area contributed by atoms with Crippen molar-refractivity contribution < 1.29 is 4.74 Å². The van der Waals surface area contributed by atoms with Crippen molar-refractivity contribution in [1.82, 2.24) is 10.3 Å². The van der Waals surface area contributed by atoms with Crippen LogP contribution in [0, 0.1) is 0 Å². The summed E-state index contributed by atoms with van der Waals surface area (Å²) in [5, 5.41) is 4.71. The van der Waals surface area contributed by atoms with Crippen molar-refractivity contribution in [3.8, 4) is 0 Å². The minimum absolute atomic E-state index is 0.514. The summed E-state index contributed by atoms with van der Waals surface area (Å²) in [5.41, 5.74) is 1.31. The molecular weight excluding hydrogens is 258 g/mol. The quantitative estimate of drug-likeness (QED) is 0.781. The minimum Gasteiger partial charge on any atom is -0.380 e. The normalized spacial score (nSPS) is 18.4. The van der Waals surface area contributed by atoms with E-state index in [4.69, 9.17) is 9.72 Å². The molecule has 0 bridgehead atoms. The van der Waals surface area contributed by atoms with Gasteiger partial charge in [0, 0.05) is 31.1 Å². The van der Waals surface area contributed by atoms with Crippen LogP contribution in [-0.2, 0) is 11.2 Å². The standard InChI is InChI=1S/C14H25N3OS/c1-4-15-11-7-6-8-12-13(11)19-14(16-12)17(3)9-10-18-5-2/h11,15H,4-10H2,1-3H3. The van der Waals surface area contributed by atoms with Crippen LogP contribution in [0.5, 0.6) is 0 Å². The number of hydrogen-bond acceptors (Lipinski definition) is 5. The maximum absolute atomic E-state index is 5.41. The first kappa shape index (κ1) is 14.8. The van der Waals surface area contributed by atoms with E-state index in [9.17, 15) is 0 Å². The van der Waals surface area contributed by atoms with Gasteiger partial charge in [-0.3, -0.25) is 0 Å². The first-order valence-electron chi connectivity index (χ1n) is 7.28. The summed E-state index contributed by atoms with van der Waals surface area (Å²) >= 11 is 1.85. The second kappa shape index (κ2) is 7.22. The molecule has 0 aromatic carbocycles. The van der Waals surface area contributed by atoms with Gasteiger partial charge in [0.15, 0.2) is 5.13 Å². The lowest BCUT2D eigenvalue weighted by Crippen LogP contribution is -2.23. The van der Waals surface area contributed by atoms with Crippen LogP contribution >= 0.6 is 11.3 Å². The Hall–Kier alpha value is -0.650. The number of fused-ring (bicyclic) bond motifs is 1. The van der Waals surface area contributed by atoms with Crippen molar-refractivity contribution in [1.29, 1.82) is 0 Å². The Bertz CT molecular complexity index is 394. The van der Waals surface area contributed by atoms with Gasteiger partial charge in [-0.2, -0.15) is 0 Å². The number of hydrogen-bond donors (Lipinski definition) is 1.